The van der Waals surface area contributed by atoms with E-state index in [1.165, 1.54) is 0 Å². The van der Waals surface area contributed by atoms with E-state index in [1.807, 2.05) is 30.3 Å². The van der Waals surface area contributed by atoms with Gasteiger partial charge < -0.3 is 4.74 Å². The predicted molar refractivity (Wildman–Crippen MR) is 71.5 cm³/mol. The number of aromatic nitrogens is 1. The summed E-state index contributed by atoms with van der Waals surface area (Å²) in [6, 6.07) is 11.4. The number of rotatable bonds is 5. The number of esters is 1. The largest absolute Gasteiger partial charge is 0.407 e. The van der Waals surface area contributed by atoms with Crippen molar-refractivity contribution in [1.82, 2.24) is 4.98 Å². The van der Waals surface area contributed by atoms with Crippen molar-refractivity contribution in [3.63, 3.8) is 0 Å². The van der Waals surface area contributed by atoms with Crippen LogP contribution in [0.15, 0.2) is 36.4 Å². The quantitative estimate of drug-likeness (QED) is 0.593. The van der Waals surface area contributed by atoms with Crippen molar-refractivity contribution in [2.75, 3.05) is 0 Å². The Balaban J connectivity index is 2.01. The SMILES string of the molecule is CCCCCC(=O)Oc1ccc2ccccc2n1. The molecule has 1 heterocycles. The van der Waals surface area contributed by atoms with Gasteiger partial charge in [0.2, 0.25) is 5.88 Å². The molecule has 94 valence electrons. The molecule has 0 aliphatic heterocycles. The standard InChI is InChI=1S/C15H17NO2/c1-2-3-4-9-15(17)18-14-11-10-12-7-5-6-8-13(12)16-14/h5-8,10-11H,2-4,9H2,1H3. The molecular weight excluding hydrogens is 226 g/mol. The van der Waals surface area contributed by atoms with Gasteiger partial charge in [-0.15, -0.1) is 0 Å². The minimum atomic E-state index is -0.203. The van der Waals surface area contributed by atoms with Crippen molar-refractivity contribution in [2.45, 2.75) is 32.6 Å². The van der Waals surface area contributed by atoms with Gasteiger partial charge in [-0.25, -0.2) is 4.98 Å². The average Bonchev–Trinajstić information content (AvgIpc) is 2.39. The molecule has 0 amide bonds. The summed E-state index contributed by atoms with van der Waals surface area (Å²) in [5, 5.41) is 1.04. The van der Waals surface area contributed by atoms with Crippen LogP contribution in [0.5, 0.6) is 5.88 Å². The third-order valence-corrected chi connectivity index (χ3v) is 2.78. The van der Waals surface area contributed by atoms with Crippen molar-refractivity contribution in [1.29, 1.82) is 0 Å². The number of pyridine rings is 1. The maximum absolute atomic E-state index is 11.6. The molecule has 2 rings (SSSR count). The third kappa shape index (κ3) is 3.29. The fourth-order valence-corrected chi connectivity index (χ4v) is 1.79. The number of carbonyl (C=O) groups excluding carboxylic acids is 1. The summed E-state index contributed by atoms with van der Waals surface area (Å²) >= 11 is 0. The van der Waals surface area contributed by atoms with Crippen LogP contribution in [0.25, 0.3) is 10.9 Å². The molecule has 18 heavy (non-hydrogen) atoms. The highest BCUT2D eigenvalue weighted by Gasteiger charge is 2.06. The number of hydrogen-bond acceptors (Lipinski definition) is 3. The monoisotopic (exact) mass is 243 g/mol. The maximum Gasteiger partial charge on any atom is 0.312 e. The molecule has 0 radical (unpaired) electrons. The maximum atomic E-state index is 11.6. The van der Waals surface area contributed by atoms with Gasteiger partial charge in [-0.1, -0.05) is 38.0 Å². The lowest BCUT2D eigenvalue weighted by molar-refractivity contribution is -0.134. The van der Waals surface area contributed by atoms with Crippen LogP contribution in [0, 0.1) is 0 Å². The molecule has 0 aliphatic carbocycles. The van der Waals surface area contributed by atoms with Gasteiger partial charge in [0.25, 0.3) is 0 Å². The first-order chi connectivity index (χ1) is 8.79. The zero-order valence-corrected chi connectivity index (χ0v) is 10.6. The predicted octanol–water partition coefficient (Wildman–Crippen LogP) is 3.72. The van der Waals surface area contributed by atoms with Crippen molar-refractivity contribution in [3.8, 4) is 5.88 Å². The molecule has 0 N–H and O–H groups in total. The van der Waals surface area contributed by atoms with Gasteiger partial charge >= 0.3 is 5.97 Å². The van der Waals surface area contributed by atoms with Gasteiger partial charge in [0.05, 0.1) is 5.52 Å². The van der Waals surface area contributed by atoms with Gasteiger partial charge in [0.15, 0.2) is 0 Å². The normalized spacial score (nSPS) is 10.5. The molecule has 0 saturated heterocycles. The Hall–Kier alpha value is -1.90. The summed E-state index contributed by atoms with van der Waals surface area (Å²) in [5.41, 5.74) is 0.844. The van der Waals surface area contributed by atoms with Crippen molar-refractivity contribution in [3.05, 3.63) is 36.4 Å². The lowest BCUT2D eigenvalue weighted by Gasteiger charge is -2.04. The van der Waals surface area contributed by atoms with Gasteiger partial charge in [-0.3, -0.25) is 4.79 Å². The first-order valence-corrected chi connectivity index (χ1v) is 6.36. The van der Waals surface area contributed by atoms with Gasteiger partial charge in [0.1, 0.15) is 0 Å². The minimum absolute atomic E-state index is 0.203. The molecule has 0 fully saturated rings. The van der Waals surface area contributed by atoms with Crippen LogP contribution in [-0.4, -0.2) is 11.0 Å². The Morgan fingerprint density at radius 2 is 2.00 bits per heavy atom. The molecule has 0 saturated carbocycles. The lowest BCUT2D eigenvalue weighted by atomic mass is 10.2. The number of ether oxygens (including phenoxy) is 1. The van der Waals surface area contributed by atoms with E-state index in [9.17, 15) is 4.79 Å². The van der Waals surface area contributed by atoms with Crippen LogP contribution in [0.1, 0.15) is 32.6 Å². The number of unbranched alkanes of at least 4 members (excludes halogenated alkanes) is 2. The Morgan fingerprint density at radius 3 is 2.83 bits per heavy atom. The molecule has 0 atom stereocenters. The Bertz CT molecular complexity index is 537. The Kier molecular flexibility index (Phi) is 4.29. The highest BCUT2D eigenvalue weighted by molar-refractivity contribution is 5.79. The fourth-order valence-electron chi connectivity index (χ4n) is 1.79. The summed E-state index contributed by atoms with van der Waals surface area (Å²) in [7, 11) is 0. The smallest absolute Gasteiger partial charge is 0.312 e. The van der Waals surface area contributed by atoms with Gasteiger partial charge in [-0.2, -0.15) is 0 Å². The van der Waals surface area contributed by atoms with Gasteiger partial charge in [0, 0.05) is 17.9 Å². The second kappa shape index (κ2) is 6.15. The van der Waals surface area contributed by atoms with E-state index in [4.69, 9.17) is 4.74 Å². The van der Waals surface area contributed by atoms with E-state index in [0.29, 0.717) is 12.3 Å². The molecule has 2 aromatic rings. The van der Waals surface area contributed by atoms with E-state index >= 15 is 0 Å². The van der Waals surface area contributed by atoms with Crippen LogP contribution >= 0.6 is 0 Å². The average molecular weight is 243 g/mol. The van der Waals surface area contributed by atoms with E-state index < -0.39 is 0 Å². The first kappa shape index (κ1) is 12.6. The van der Waals surface area contributed by atoms with E-state index in [2.05, 4.69) is 11.9 Å². The molecule has 0 bridgehead atoms. The zero-order valence-electron chi connectivity index (χ0n) is 10.6. The molecule has 0 aliphatic rings. The molecule has 3 heteroatoms. The van der Waals surface area contributed by atoms with E-state index in [-0.39, 0.29) is 5.97 Å². The lowest BCUT2D eigenvalue weighted by Crippen LogP contribution is -2.08. The molecule has 1 aromatic carbocycles. The number of fused-ring (bicyclic) bond motifs is 1. The summed E-state index contributed by atoms with van der Waals surface area (Å²) < 4.78 is 5.22. The highest BCUT2D eigenvalue weighted by Crippen LogP contribution is 2.16. The summed E-state index contributed by atoms with van der Waals surface area (Å²) in [4.78, 5) is 15.9. The molecule has 0 unspecified atom stereocenters. The molecule has 0 spiro atoms. The number of benzene rings is 1. The Labute approximate surface area is 107 Å². The van der Waals surface area contributed by atoms with Crippen LogP contribution in [0.4, 0.5) is 0 Å². The summed E-state index contributed by atoms with van der Waals surface area (Å²) in [5.74, 6) is 0.182. The van der Waals surface area contributed by atoms with Crippen LogP contribution in [0.2, 0.25) is 0 Å². The zero-order chi connectivity index (χ0) is 12.8. The number of para-hydroxylation sites is 1. The fraction of sp³-hybridized carbons (Fsp3) is 0.333. The van der Waals surface area contributed by atoms with Crippen LogP contribution < -0.4 is 4.74 Å². The third-order valence-electron chi connectivity index (χ3n) is 2.78. The second-order valence-corrected chi connectivity index (χ2v) is 4.27. The first-order valence-electron chi connectivity index (χ1n) is 6.36. The Morgan fingerprint density at radius 1 is 1.17 bits per heavy atom. The number of hydrogen-bond donors (Lipinski definition) is 0. The minimum Gasteiger partial charge on any atom is -0.407 e. The summed E-state index contributed by atoms with van der Waals surface area (Å²) in [6.45, 7) is 2.11. The number of carbonyl (C=O) groups is 1. The molecular formula is C15H17NO2. The van der Waals surface area contributed by atoms with Crippen molar-refractivity contribution >= 4 is 16.9 Å². The molecule has 3 nitrogen and oxygen atoms in total. The van der Waals surface area contributed by atoms with E-state index in [0.717, 1.165) is 30.2 Å². The summed E-state index contributed by atoms with van der Waals surface area (Å²) in [6.07, 6.45) is 3.49. The topological polar surface area (TPSA) is 39.2 Å². The van der Waals surface area contributed by atoms with Crippen LogP contribution in [-0.2, 0) is 4.79 Å². The van der Waals surface area contributed by atoms with Crippen molar-refractivity contribution in [2.24, 2.45) is 0 Å². The number of nitrogens with zero attached hydrogens (tertiary/aromatic N) is 1. The molecule has 1 aromatic heterocycles. The van der Waals surface area contributed by atoms with Crippen LogP contribution in [0.3, 0.4) is 0 Å². The van der Waals surface area contributed by atoms with E-state index in [1.54, 1.807) is 6.07 Å². The highest BCUT2D eigenvalue weighted by atomic mass is 16.5. The second-order valence-electron chi connectivity index (χ2n) is 4.27. The van der Waals surface area contributed by atoms with Crippen molar-refractivity contribution < 1.29 is 9.53 Å². The van der Waals surface area contributed by atoms with Gasteiger partial charge in [-0.05, 0) is 18.6 Å².